The number of hydrogen-bond donors (Lipinski definition) is 1. The largest absolute Gasteiger partial charge is 0.385 e. The monoisotopic (exact) mass is 256 g/mol. The molecule has 1 rings (SSSR count). The molecule has 0 radical (unpaired) electrons. The number of ether oxygens (including phenoxy) is 1. The molecule has 96 valence electrons. The second-order valence-electron chi connectivity index (χ2n) is 5.24. The van der Waals surface area contributed by atoms with Crippen LogP contribution in [0.4, 0.5) is 0 Å². The minimum Gasteiger partial charge on any atom is -0.385 e. The lowest BCUT2D eigenvalue weighted by atomic mass is 9.87. The fourth-order valence-electron chi connectivity index (χ4n) is 1.60. The first-order valence-electron chi connectivity index (χ1n) is 5.80. The third-order valence-electron chi connectivity index (χ3n) is 3.23. The maximum Gasteiger partial charge on any atom is 0.0869 e. The zero-order valence-corrected chi connectivity index (χ0v) is 11.7. The zero-order chi connectivity index (χ0) is 13.1. The molecule has 0 bridgehead atoms. The smallest absolute Gasteiger partial charge is 0.0869 e. The summed E-state index contributed by atoms with van der Waals surface area (Å²) >= 11 is 5.83. The summed E-state index contributed by atoms with van der Waals surface area (Å²) in [5, 5.41) is 11.1. The molecule has 0 aliphatic carbocycles. The molecule has 0 aliphatic rings. The molecule has 0 saturated carbocycles. The second-order valence-corrected chi connectivity index (χ2v) is 5.68. The molecule has 3 heteroatoms. The lowest BCUT2D eigenvalue weighted by Gasteiger charge is -2.29. The molecule has 0 heterocycles. The summed E-state index contributed by atoms with van der Waals surface area (Å²) < 4.78 is 5.36. The van der Waals surface area contributed by atoms with Gasteiger partial charge in [-0.25, -0.2) is 0 Å². The van der Waals surface area contributed by atoms with Crippen molar-refractivity contribution >= 4 is 11.6 Å². The number of hydrogen-bond acceptors (Lipinski definition) is 2. The fraction of sp³-hybridized carbons (Fsp3) is 0.571. The predicted octanol–water partition coefficient (Wildman–Crippen LogP) is 3.75. The van der Waals surface area contributed by atoms with Crippen LogP contribution in [0.25, 0.3) is 0 Å². The average molecular weight is 257 g/mol. The summed E-state index contributed by atoms with van der Waals surface area (Å²) in [6.07, 6.45) is 1.44. The third-order valence-corrected chi connectivity index (χ3v) is 3.48. The molecule has 0 spiro atoms. The van der Waals surface area contributed by atoms with E-state index in [0.29, 0.717) is 11.4 Å². The van der Waals surface area contributed by atoms with Gasteiger partial charge in [-0.3, -0.25) is 0 Å². The van der Waals surface area contributed by atoms with Crippen molar-refractivity contribution < 1.29 is 9.84 Å². The van der Waals surface area contributed by atoms with E-state index in [2.05, 4.69) is 0 Å². The maximum atomic E-state index is 10.4. The molecule has 0 aliphatic heterocycles. The van der Waals surface area contributed by atoms with E-state index in [1.165, 1.54) is 0 Å². The molecule has 0 aromatic heterocycles. The molecule has 1 N–H and O–H groups in total. The minimum absolute atomic E-state index is 0.212. The molecular formula is C14H21ClO2. The van der Waals surface area contributed by atoms with Gasteiger partial charge in [0, 0.05) is 12.1 Å². The van der Waals surface area contributed by atoms with Gasteiger partial charge < -0.3 is 9.84 Å². The Bertz CT molecular complexity index is 355. The van der Waals surface area contributed by atoms with Crippen molar-refractivity contribution in [2.75, 3.05) is 7.11 Å². The van der Waals surface area contributed by atoms with Crippen LogP contribution in [0, 0.1) is 0 Å². The number of benzene rings is 1. The predicted molar refractivity (Wildman–Crippen MR) is 71.3 cm³/mol. The molecule has 17 heavy (non-hydrogen) atoms. The molecule has 1 unspecified atom stereocenters. The topological polar surface area (TPSA) is 29.5 Å². The summed E-state index contributed by atoms with van der Waals surface area (Å²) in [7, 11) is 1.69. The first kappa shape index (κ1) is 14.5. The van der Waals surface area contributed by atoms with Gasteiger partial charge in [0.2, 0.25) is 0 Å². The highest BCUT2D eigenvalue weighted by molar-refractivity contribution is 6.30. The van der Waals surface area contributed by atoms with Crippen LogP contribution in [0.2, 0.25) is 5.02 Å². The summed E-state index contributed by atoms with van der Waals surface area (Å²) in [4.78, 5) is 0. The number of methoxy groups -OCH3 is 1. The minimum atomic E-state index is -0.847. The van der Waals surface area contributed by atoms with Gasteiger partial charge in [0.05, 0.1) is 11.2 Å². The van der Waals surface area contributed by atoms with E-state index in [-0.39, 0.29) is 5.60 Å². The Morgan fingerprint density at radius 2 is 1.65 bits per heavy atom. The van der Waals surface area contributed by atoms with Gasteiger partial charge in [0.25, 0.3) is 0 Å². The SMILES string of the molecule is COC(C)(C)CCC(C)(O)c1ccc(Cl)cc1. The highest BCUT2D eigenvalue weighted by Gasteiger charge is 2.27. The van der Waals surface area contributed by atoms with Crippen LogP contribution in [0.5, 0.6) is 0 Å². The molecule has 1 aromatic rings. The van der Waals surface area contributed by atoms with Crippen LogP contribution in [0.15, 0.2) is 24.3 Å². The lowest BCUT2D eigenvalue weighted by Crippen LogP contribution is -2.29. The van der Waals surface area contributed by atoms with Crippen molar-refractivity contribution in [1.82, 2.24) is 0 Å². The number of halogens is 1. The van der Waals surface area contributed by atoms with Crippen molar-refractivity contribution in [3.8, 4) is 0 Å². The van der Waals surface area contributed by atoms with Crippen molar-refractivity contribution in [2.24, 2.45) is 0 Å². The van der Waals surface area contributed by atoms with Gasteiger partial charge in [-0.2, -0.15) is 0 Å². The lowest BCUT2D eigenvalue weighted by molar-refractivity contribution is -0.0211. The Hall–Kier alpha value is -0.570. The van der Waals surface area contributed by atoms with Crippen LogP contribution >= 0.6 is 11.6 Å². The summed E-state index contributed by atoms with van der Waals surface area (Å²) in [6, 6.07) is 7.32. The maximum absolute atomic E-state index is 10.4. The van der Waals surface area contributed by atoms with E-state index >= 15 is 0 Å². The van der Waals surface area contributed by atoms with Crippen LogP contribution in [0.1, 0.15) is 39.2 Å². The molecule has 2 nitrogen and oxygen atoms in total. The van der Waals surface area contributed by atoms with Crippen molar-refractivity contribution in [3.63, 3.8) is 0 Å². The average Bonchev–Trinajstić information content (AvgIpc) is 2.27. The van der Waals surface area contributed by atoms with Crippen molar-refractivity contribution in [1.29, 1.82) is 0 Å². The molecule has 0 fully saturated rings. The van der Waals surface area contributed by atoms with E-state index < -0.39 is 5.60 Å². The molecule has 0 saturated heterocycles. The zero-order valence-electron chi connectivity index (χ0n) is 11.0. The summed E-state index contributed by atoms with van der Waals surface area (Å²) in [6.45, 7) is 5.86. The molecular weight excluding hydrogens is 236 g/mol. The normalized spacial score (nSPS) is 15.6. The Balaban J connectivity index is 2.71. The van der Waals surface area contributed by atoms with E-state index in [9.17, 15) is 5.11 Å². The van der Waals surface area contributed by atoms with E-state index in [4.69, 9.17) is 16.3 Å². The second kappa shape index (κ2) is 5.38. The van der Waals surface area contributed by atoms with Gasteiger partial charge in [-0.15, -0.1) is 0 Å². The molecule has 0 amide bonds. The summed E-state index contributed by atoms with van der Waals surface area (Å²) in [5.74, 6) is 0. The van der Waals surface area contributed by atoms with Crippen LogP contribution in [-0.2, 0) is 10.3 Å². The van der Waals surface area contributed by atoms with E-state index in [1.54, 1.807) is 19.2 Å². The third kappa shape index (κ3) is 4.30. The van der Waals surface area contributed by atoms with Gasteiger partial charge >= 0.3 is 0 Å². The van der Waals surface area contributed by atoms with Gasteiger partial charge in [-0.05, 0) is 51.3 Å². The van der Waals surface area contributed by atoms with E-state index in [0.717, 1.165) is 12.0 Å². The van der Waals surface area contributed by atoms with Crippen LogP contribution in [-0.4, -0.2) is 17.8 Å². The van der Waals surface area contributed by atoms with Gasteiger partial charge in [0.15, 0.2) is 0 Å². The Labute approximate surface area is 109 Å². The number of rotatable bonds is 5. The van der Waals surface area contributed by atoms with E-state index in [1.807, 2.05) is 32.9 Å². The van der Waals surface area contributed by atoms with Gasteiger partial charge in [0.1, 0.15) is 0 Å². The first-order chi connectivity index (χ1) is 7.77. The molecule has 1 aromatic carbocycles. The standard InChI is InChI=1S/C14H21ClO2/c1-13(2,17-4)9-10-14(3,16)11-5-7-12(15)8-6-11/h5-8,16H,9-10H2,1-4H3. The number of aliphatic hydroxyl groups is 1. The highest BCUT2D eigenvalue weighted by atomic mass is 35.5. The Kier molecular flexibility index (Phi) is 4.59. The van der Waals surface area contributed by atoms with Crippen molar-refractivity contribution in [3.05, 3.63) is 34.9 Å². The fourth-order valence-corrected chi connectivity index (χ4v) is 1.73. The Morgan fingerprint density at radius 3 is 2.12 bits per heavy atom. The Morgan fingerprint density at radius 1 is 1.12 bits per heavy atom. The quantitative estimate of drug-likeness (QED) is 0.869. The van der Waals surface area contributed by atoms with Crippen LogP contribution < -0.4 is 0 Å². The highest BCUT2D eigenvalue weighted by Crippen LogP contribution is 2.30. The first-order valence-corrected chi connectivity index (χ1v) is 6.18. The van der Waals surface area contributed by atoms with Crippen LogP contribution in [0.3, 0.4) is 0 Å². The summed E-state index contributed by atoms with van der Waals surface area (Å²) in [5.41, 5.74) is -0.176. The molecule has 1 atom stereocenters. The van der Waals surface area contributed by atoms with Gasteiger partial charge in [-0.1, -0.05) is 23.7 Å². The van der Waals surface area contributed by atoms with Crippen molar-refractivity contribution in [2.45, 2.75) is 44.8 Å².